The maximum atomic E-state index is 12.8. The normalized spacial score (nSPS) is 20.9. The average Bonchev–Trinajstić information content (AvgIpc) is 2.47. The number of benzene rings is 1. The quantitative estimate of drug-likeness (QED) is 0.798. The second-order valence-electron chi connectivity index (χ2n) is 5.76. The molecule has 0 saturated carbocycles. The van der Waals surface area contributed by atoms with Crippen LogP contribution in [0.5, 0.6) is 0 Å². The number of rotatable bonds is 0. The van der Waals surface area contributed by atoms with Crippen molar-refractivity contribution in [3.63, 3.8) is 0 Å². The summed E-state index contributed by atoms with van der Waals surface area (Å²) in [6, 6.07) is 6.42. The zero-order valence-electron chi connectivity index (χ0n) is 11.7. The summed E-state index contributed by atoms with van der Waals surface area (Å²) >= 11 is 0. The number of hydrogen-bond donors (Lipinski definition) is 1. The third kappa shape index (κ3) is 2.29. The van der Waals surface area contributed by atoms with Crippen LogP contribution in [0.1, 0.15) is 24.8 Å². The van der Waals surface area contributed by atoms with Gasteiger partial charge in [-0.3, -0.25) is 9.59 Å². The Labute approximate surface area is 125 Å². The second kappa shape index (κ2) is 5.08. The molecule has 2 amide bonds. The molecule has 118 valence electrons. The van der Waals surface area contributed by atoms with E-state index in [0.717, 1.165) is 0 Å². The molecule has 1 N–H and O–H groups in total. The number of para-hydroxylation sites is 1. The van der Waals surface area contributed by atoms with Gasteiger partial charge in [-0.2, -0.15) is 13.2 Å². The SMILES string of the molecule is O=C1CC2(CCNCC2)c2ccccc2N1C(=O)C(F)(F)F. The molecule has 2 heterocycles. The monoisotopic (exact) mass is 312 g/mol. The number of piperidine rings is 1. The van der Waals surface area contributed by atoms with Gasteiger partial charge in [0.2, 0.25) is 5.91 Å². The molecule has 2 aliphatic rings. The van der Waals surface area contributed by atoms with Gasteiger partial charge in [-0.15, -0.1) is 0 Å². The van der Waals surface area contributed by atoms with Gasteiger partial charge in [-0.05, 0) is 37.6 Å². The summed E-state index contributed by atoms with van der Waals surface area (Å²) in [6.45, 7) is 1.41. The maximum absolute atomic E-state index is 12.8. The molecule has 0 bridgehead atoms. The highest BCUT2D eigenvalue weighted by Crippen LogP contribution is 2.46. The highest BCUT2D eigenvalue weighted by atomic mass is 19.4. The summed E-state index contributed by atoms with van der Waals surface area (Å²) in [5.41, 5.74) is 0.262. The minimum atomic E-state index is -5.07. The molecule has 1 spiro atoms. The van der Waals surface area contributed by atoms with Crippen molar-refractivity contribution >= 4 is 17.5 Å². The molecule has 2 aliphatic heterocycles. The lowest BCUT2D eigenvalue weighted by atomic mass is 9.68. The minimum Gasteiger partial charge on any atom is -0.317 e. The lowest BCUT2D eigenvalue weighted by Gasteiger charge is -2.44. The Kier molecular flexibility index (Phi) is 3.47. The molecule has 1 aromatic rings. The second-order valence-corrected chi connectivity index (χ2v) is 5.76. The largest absolute Gasteiger partial charge is 0.472 e. The standard InChI is InChI=1S/C15H15F3N2O2/c16-15(17,18)13(22)20-11-4-2-1-3-10(11)14(9-12(20)21)5-7-19-8-6-14/h1-4,19H,5-9H2. The number of nitrogens with zero attached hydrogens (tertiary/aromatic N) is 1. The van der Waals surface area contributed by atoms with Crippen LogP contribution in [0, 0.1) is 0 Å². The molecular formula is C15H15F3N2O2. The summed E-state index contributed by atoms with van der Waals surface area (Å²) in [5.74, 6) is -2.89. The Bertz CT molecular complexity index is 621. The smallest absolute Gasteiger partial charge is 0.317 e. The van der Waals surface area contributed by atoms with Crippen LogP contribution in [0.25, 0.3) is 0 Å². The molecule has 0 atom stereocenters. The summed E-state index contributed by atoms with van der Waals surface area (Å²) in [5, 5.41) is 3.19. The molecule has 0 aliphatic carbocycles. The zero-order valence-corrected chi connectivity index (χ0v) is 11.7. The van der Waals surface area contributed by atoms with Gasteiger partial charge in [0.05, 0.1) is 5.69 Å². The summed E-state index contributed by atoms with van der Waals surface area (Å²) in [4.78, 5) is 24.2. The topological polar surface area (TPSA) is 49.4 Å². The molecule has 7 heteroatoms. The third-order valence-corrected chi connectivity index (χ3v) is 4.46. The maximum Gasteiger partial charge on any atom is 0.472 e. The molecule has 0 unspecified atom stereocenters. The van der Waals surface area contributed by atoms with E-state index < -0.39 is 23.4 Å². The van der Waals surface area contributed by atoms with E-state index in [1.54, 1.807) is 18.2 Å². The van der Waals surface area contributed by atoms with E-state index in [1.807, 2.05) is 0 Å². The van der Waals surface area contributed by atoms with Crippen molar-refractivity contribution in [2.24, 2.45) is 0 Å². The number of alkyl halides is 3. The molecule has 22 heavy (non-hydrogen) atoms. The van der Waals surface area contributed by atoms with Gasteiger partial charge in [-0.25, -0.2) is 4.90 Å². The predicted molar refractivity (Wildman–Crippen MR) is 73.4 cm³/mol. The first kappa shape index (κ1) is 15.0. The van der Waals surface area contributed by atoms with Crippen molar-refractivity contribution < 1.29 is 22.8 Å². The van der Waals surface area contributed by atoms with Crippen LogP contribution in [-0.2, 0) is 15.0 Å². The lowest BCUT2D eigenvalue weighted by Crippen LogP contribution is -2.53. The third-order valence-electron chi connectivity index (χ3n) is 4.46. The van der Waals surface area contributed by atoms with Crippen molar-refractivity contribution in [2.45, 2.75) is 30.9 Å². The number of hydrogen-bond acceptors (Lipinski definition) is 3. The Balaban J connectivity index is 2.10. The van der Waals surface area contributed by atoms with Crippen molar-refractivity contribution in [3.05, 3.63) is 29.8 Å². The number of halogens is 3. The number of amides is 2. The van der Waals surface area contributed by atoms with Crippen molar-refractivity contribution in [1.29, 1.82) is 0 Å². The molecule has 0 aromatic heterocycles. The molecule has 4 nitrogen and oxygen atoms in total. The van der Waals surface area contributed by atoms with Gasteiger partial charge in [0.25, 0.3) is 0 Å². The highest BCUT2D eigenvalue weighted by molar-refractivity contribution is 6.18. The van der Waals surface area contributed by atoms with Crippen LogP contribution in [0.15, 0.2) is 24.3 Å². The molecule has 1 saturated heterocycles. The number of anilines is 1. The van der Waals surface area contributed by atoms with Crippen LogP contribution >= 0.6 is 0 Å². The Hall–Kier alpha value is -1.89. The summed E-state index contributed by atoms with van der Waals surface area (Å²) in [6.07, 6.45) is -3.79. The Morgan fingerprint density at radius 2 is 1.82 bits per heavy atom. The van der Waals surface area contributed by atoms with Crippen LogP contribution < -0.4 is 10.2 Å². The highest BCUT2D eigenvalue weighted by Gasteiger charge is 2.51. The van der Waals surface area contributed by atoms with Crippen molar-refractivity contribution in [1.82, 2.24) is 5.32 Å². The Morgan fingerprint density at radius 1 is 1.18 bits per heavy atom. The molecule has 1 fully saturated rings. The van der Waals surface area contributed by atoms with E-state index in [0.29, 0.717) is 36.4 Å². The van der Waals surface area contributed by atoms with E-state index in [2.05, 4.69) is 5.32 Å². The van der Waals surface area contributed by atoms with E-state index in [1.165, 1.54) is 6.07 Å². The zero-order chi connectivity index (χ0) is 16.0. The average molecular weight is 312 g/mol. The fourth-order valence-electron chi connectivity index (χ4n) is 3.42. The number of carbonyl (C=O) groups is 2. The predicted octanol–water partition coefficient (Wildman–Crippen LogP) is 2.13. The number of nitrogens with one attached hydrogen (secondary N) is 1. The van der Waals surface area contributed by atoms with E-state index in [9.17, 15) is 22.8 Å². The van der Waals surface area contributed by atoms with Gasteiger partial charge >= 0.3 is 12.1 Å². The van der Waals surface area contributed by atoms with E-state index in [-0.39, 0.29) is 12.1 Å². The van der Waals surface area contributed by atoms with Gasteiger partial charge in [0.1, 0.15) is 0 Å². The fourth-order valence-corrected chi connectivity index (χ4v) is 3.42. The summed E-state index contributed by atoms with van der Waals surface area (Å²) < 4.78 is 38.3. The summed E-state index contributed by atoms with van der Waals surface area (Å²) in [7, 11) is 0. The number of carbonyl (C=O) groups excluding carboxylic acids is 2. The molecule has 0 radical (unpaired) electrons. The van der Waals surface area contributed by atoms with Gasteiger partial charge < -0.3 is 5.32 Å². The van der Waals surface area contributed by atoms with Crippen LogP contribution in [0.4, 0.5) is 18.9 Å². The molecular weight excluding hydrogens is 297 g/mol. The van der Waals surface area contributed by atoms with Crippen molar-refractivity contribution in [3.8, 4) is 0 Å². The fraction of sp³-hybridized carbons (Fsp3) is 0.467. The number of imide groups is 1. The first-order chi connectivity index (χ1) is 10.4. The van der Waals surface area contributed by atoms with Gasteiger partial charge in [-0.1, -0.05) is 18.2 Å². The molecule has 3 rings (SSSR count). The molecule has 1 aromatic carbocycles. The Morgan fingerprint density at radius 3 is 2.45 bits per heavy atom. The van der Waals surface area contributed by atoms with E-state index in [4.69, 9.17) is 0 Å². The first-order valence-corrected chi connectivity index (χ1v) is 7.09. The van der Waals surface area contributed by atoms with Gasteiger partial charge in [0.15, 0.2) is 0 Å². The van der Waals surface area contributed by atoms with Crippen molar-refractivity contribution in [2.75, 3.05) is 18.0 Å². The van der Waals surface area contributed by atoms with Crippen LogP contribution in [0.2, 0.25) is 0 Å². The van der Waals surface area contributed by atoms with Crippen LogP contribution in [-0.4, -0.2) is 31.1 Å². The first-order valence-electron chi connectivity index (χ1n) is 7.09. The van der Waals surface area contributed by atoms with E-state index >= 15 is 0 Å². The van der Waals surface area contributed by atoms with Gasteiger partial charge in [0, 0.05) is 11.8 Å². The minimum absolute atomic E-state index is 0.0620. The lowest BCUT2D eigenvalue weighted by molar-refractivity contribution is -0.171. The number of fused-ring (bicyclic) bond motifs is 2. The van der Waals surface area contributed by atoms with Crippen LogP contribution in [0.3, 0.4) is 0 Å².